The highest BCUT2D eigenvalue weighted by molar-refractivity contribution is 5.77. The molecule has 2 aliphatic heterocycles. The Kier molecular flexibility index (Phi) is 12.7. The summed E-state index contributed by atoms with van der Waals surface area (Å²) in [4.78, 5) is 25.6. The van der Waals surface area contributed by atoms with E-state index in [4.69, 9.17) is 5.11 Å². The van der Waals surface area contributed by atoms with Gasteiger partial charge < -0.3 is 20.2 Å². The number of carbonyl (C=O) groups excluding carboxylic acids is 1. The third-order valence-corrected chi connectivity index (χ3v) is 4.09. The van der Waals surface area contributed by atoms with Crippen molar-refractivity contribution in [3.8, 4) is 0 Å². The fourth-order valence-corrected chi connectivity index (χ4v) is 2.64. The smallest absolute Gasteiger partial charge is 0.306 e. The van der Waals surface area contributed by atoms with Crippen molar-refractivity contribution < 1.29 is 14.7 Å². The Labute approximate surface area is 141 Å². The fourth-order valence-electron chi connectivity index (χ4n) is 2.64. The summed E-state index contributed by atoms with van der Waals surface area (Å²) in [5.41, 5.74) is 0. The van der Waals surface area contributed by atoms with Gasteiger partial charge in [0.05, 0.1) is 5.92 Å². The second-order valence-electron chi connectivity index (χ2n) is 5.86. The molecule has 0 aliphatic carbocycles. The number of likely N-dealkylation sites (tertiary alicyclic amines) is 2. The van der Waals surface area contributed by atoms with Gasteiger partial charge in [-0.15, -0.1) is 0 Å². The van der Waals surface area contributed by atoms with Crippen LogP contribution in [0, 0.1) is 5.92 Å². The average Bonchev–Trinajstić information content (AvgIpc) is 2.96. The fraction of sp³-hybridized carbons (Fsp3) is 0.882. The van der Waals surface area contributed by atoms with Crippen molar-refractivity contribution in [2.45, 2.75) is 46.0 Å². The van der Waals surface area contributed by atoms with E-state index in [2.05, 4.69) is 10.2 Å². The van der Waals surface area contributed by atoms with E-state index in [1.807, 2.05) is 32.8 Å². The van der Waals surface area contributed by atoms with Gasteiger partial charge in [-0.3, -0.25) is 9.59 Å². The van der Waals surface area contributed by atoms with E-state index in [1.54, 1.807) is 0 Å². The maximum Gasteiger partial charge on any atom is 0.306 e. The zero-order valence-corrected chi connectivity index (χ0v) is 15.3. The number of amides is 1. The molecule has 0 atom stereocenters. The highest BCUT2D eigenvalue weighted by atomic mass is 16.4. The summed E-state index contributed by atoms with van der Waals surface area (Å²) < 4.78 is 0. The molecule has 0 spiro atoms. The molecule has 6 heteroatoms. The summed E-state index contributed by atoms with van der Waals surface area (Å²) in [5.74, 6) is -0.384. The number of piperidine rings is 1. The first kappa shape index (κ1) is 21.9. The van der Waals surface area contributed by atoms with Crippen LogP contribution in [0.4, 0.5) is 0 Å². The number of rotatable bonds is 5. The normalized spacial score (nSPS) is 18.8. The monoisotopic (exact) mass is 329 g/mol. The molecule has 1 amide bonds. The van der Waals surface area contributed by atoms with Gasteiger partial charge in [0.25, 0.3) is 0 Å². The molecule has 0 radical (unpaired) electrons. The minimum Gasteiger partial charge on any atom is -0.481 e. The molecule has 0 bridgehead atoms. The number of carbonyl (C=O) groups is 2. The highest BCUT2D eigenvalue weighted by Crippen LogP contribution is 2.15. The molecule has 2 heterocycles. The lowest BCUT2D eigenvalue weighted by molar-refractivity contribution is -0.143. The first-order chi connectivity index (χ1) is 11.0. The Hall–Kier alpha value is -1.14. The lowest BCUT2D eigenvalue weighted by Gasteiger charge is -2.25. The van der Waals surface area contributed by atoms with E-state index >= 15 is 0 Å². The Bertz CT molecular complexity index is 329. The van der Waals surface area contributed by atoms with Crippen molar-refractivity contribution in [3.05, 3.63) is 0 Å². The average molecular weight is 329 g/mol. The van der Waals surface area contributed by atoms with Crippen molar-refractivity contribution in [2.24, 2.45) is 5.92 Å². The van der Waals surface area contributed by atoms with Crippen LogP contribution in [0.25, 0.3) is 0 Å². The molecule has 0 aromatic carbocycles. The number of aliphatic carboxylic acids is 1. The van der Waals surface area contributed by atoms with E-state index in [0.29, 0.717) is 5.91 Å². The van der Waals surface area contributed by atoms with Gasteiger partial charge >= 0.3 is 5.97 Å². The van der Waals surface area contributed by atoms with Gasteiger partial charge in [-0.25, -0.2) is 0 Å². The molecule has 0 aromatic heterocycles. The van der Waals surface area contributed by atoms with Gasteiger partial charge in [0.15, 0.2) is 0 Å². The Morgan fingerprint density at radius 2 is 1.87 bits per heavy atom. The Morgan fingerprint density at radius 1 is 1.26 bits per heavy atom. The molecule has 2 aliphatic rings. The molecule has 2 saturated heterocycles. The molecule has 0 unspecified atom stereocenters. The minimum absolute atomic E-state index is 0.0869. The number of nitrogens with one attached hydrogen (secondary N) is 1. The lowest BCUT2D eigenvalue weighted by atomic mass is 9.98. The number of carboxylic acid groups (broad SMARTS) is 1. The van der Waals surface area contributed by atoms with Crippen LogP contribution in [0.3, 0.4) is 0 Å². The third-order valence-electron chi connectivity index (χ3n) is 4.09. The van der Waals surface area contributed by atoms with Gasteiger partial charge in [-0.1, -0.05) is 13.8 Å². The third kappa shape index (κ3) is 9.56. The number of hydrogen-bond acceptors (Lipinski definition) is 4. The van der Waals surface area contributed by atoms with Gasteiger partial charge in [-0.2, -0.15) is 0 Å². The quantitative estimate of drug-likeness (QED) is 0.751. The second-order valence-corrected chi connectivity index (χ2v) is 5.86. The molecular weight excluding hydrogens is 294 g/mol. The van der Waals surface area contributed by atoms with Crippen molar-refractivity contribution >= 4 is 11.9 Å². The zero-order chi connectivity index (χ0) is 17.7. The summed E-state index contributed by atoms with van der Waals surface area (Å²) in [5, 5.41) is 11.7. The summed E-state index contributed by atoms with van der Waals surface area (Å²) in [6, 6.07) is 0. The SMILES string of the molecule is CC.CN1CCC(C(=O)O)CC1.CNCCCN1CCCC1=O. The van der Waals surface area contributed by atoms with E-state index < -0.39 is 5.97 Å². The van der Waals surface area contributed by atoms with E-state index in [0.717, 1.165) is 64.8 Å². The second kappa shape index (κ2) is 13.3. The van der Waals surface area contributed by atoms with Crippen molar-refractivity contribution in [2.75, 3.05) is 46.8 Å². The Balaban J connectivity index is 0.000000381. The lowest BCUT2D eigenvalue weighted by Crippen LogP contribution is -2.33. The minimum atomic E-state index is -0.631. The predicted octanol–water partition coefficient (Wildman–Crippen LogP) is 1.66. The highest BCUT2D eigenvalue weighted by Gasteiger charge is 2.22. The summed E-state index contributed by atoms with van der Waals surface area (Å²) in [6.07, 6.45) is 4.51. The van der Waals surface area contributed by atoms with E-state index in [-0.39, 0.29) is 5.92 Å². The first-order valence-electron chi connectivity index (χ1n) is 8.88. The van der Waals surface area contributed by atoms with Crippen LogP contribution in [0.15, 0.2) is 0 Å². The largest absolute Gasteiger partial charge is 0.481 e. The molecule has 2 N–H and O–H groups in total. The molecule has 23 heavy (non-hydrogen) atoms. The van der Waals surface area contributed by atoms with Gasteiger partial charge in [0, 0.05) is 19.5 Å². The molecule has 0 saturated carbocycles. The van der Waals surface area contributed by atoms with Gasteiger partial charge in [0.2, 0.25) is 5.91 Å². The van der Waals surface area contributed by atoms with Crippen LogP contribution in [0.2, 0.25) is 0 Å². The standard InChI is InChI=1S/C8H16N2O.C7H13NO2.C2H6/c1-9-5-3-7-10-6-2-4-8(10)11;1-8-4-2-6(3-5-8)7(9)10;1-2/h9H,2-7H2,1H3;6H,2-5H2,1H3,(H,9,10);1-2H3. The van der Waals surface area contributed by atoms with Crippen LogP contribution < -0.4 is 5.32 Å². The van der Waals surface area contributed by atoms with Crippen LogP contribution in [-0.4, -0.2) is 73.6 Å². The number of nitrogens with zero attached hydrogens (tertiary/aromatic N) is 2. The summed E-state index contributed by atoms with van der Waals surface area (Å²) >= 11 is 0. The Morgan fingerprint density at radius 3 is 2.30 bits per heavy atom. The predicted molar refractivity (Wildman–Crippen MR) is 93.6 cm³/mol. The number of hydrogen-bond donors (Lipinski definition) is 2. The van der Waals surface area contributed by atoms with Gasteiger partial charge in [-0.05, 0) is 59.4 Å². The molecule has 0 aromatic rings. The van der Waals surface area contributed by atoms with Crippen LogP contribution >= 0.6 is 0 Å². The molecular formula is C17H35N3O3. The topological polar surface area (TPSA) is 72.9 Å². The number of carboxylic acids is 1. The summed E-state index contributed by atoms with van der Waals surface area (Å²) in [7, 11) is 3.96. The molecule has 2 fully saturated rings. The van der Waals surface area contributed by atoms with Gasteiger partial charge in [0.1, 0.15) is 0 Å². The van der Waals surface area contributed by atoms with E-state index in [1.165, 1.54) is 0 Å². The molecule has 136 valence electrons. The van der Waals surface area contributed by atoms with Crippen molar-refractivity contribution in [1.82, 2.24) is 15.1 Å². The molecule has 2 rings (SSSR count). The van der Waals surface area contributed by atoms with Crippen molar-refractivity contribution in [3.63, 3.8) is 0 Å². The maximum absolute atomic E-state index is 11.1. The zero-order valence-electron chi connectivity index (χ0n) is 15.3. The van der Waals surface area contributed by atoms with Crippen LogP contribution in [0.5, 0.6) is 0 Å². The van der Waals surface area contributed by atoms with Crippen molar-refractivity contribution in [1.29, 1.82) is 0 Å². The maximum atomic E-state index is 11.1. The van der Waals surface area contributed by atoms with Crippen LogP contribution in [0.1, 0.15) is 46.0 Å². The van der Waals surface area contributed by atoms with E-state index in [9.17, 15) is 9.59 Å². The summed E-state index contributed by atoms with van der Waals surface area (Å²) in [6.45, 7) is 8.76. The van der Waals surface area contributed by atoms with Crippen LogP contribution in [-0.2, 0) is 9.59 Å². The first-order valence-corrected chi connectivity index (χ1v) is 8.88. The molecule has 6 nitrogen and oxygen atoms in total.